The lowest BCUT2D eigenvalue weighted by atomic mass is 10.4. The van der Waals surface area contributed by atoms with Gasteiger partial charge in [0.2, 0.25) is 0 Å². The van der Waals surface area contributed by atoms with Crippen LogP contribution in [-0.4, -0.2) is 29.3 Å². The molecule has 1 atom stereocenters. The Morgan fingerprint density at radius 1 is 1.90 bits per heavy atom. The van der Waals surface area contributed by atoms with Crippen molar-refractivity contribution in [2.45, 2.75) is 6.23 Å². The number of nitrogens with zero attached hydrogens (tertiary/aromatic N) is 1. The van der Waals surface area contributed by atoms with Crippen LogP contribution in [0.1, 0.15) is 0 Å². The summed E-state index contributed by atoms with van der Waals surface area (Å²) in [4.78, 5) is 11.5. The molecule has 1 aliphatic heterocycles. The van der Waals surface area contributed by atoms with Crippen LogP contribution in [-0.2, 0) is 0 Å². The number of hydrogen-bond acceptors (Lipinski definition) is 2. The molecule has 1 aliphatic rings. The molecule has 0 aromatic heterocycles. The zero-order chi connectivity index (χ0) is 7.72. The summed E-state index contributed by atoms with van der Waals surface area (Å²) in [5.74, 6) is -0.762. The Labute approximate surface area is 56.9 Å². The van der Waals surface area contributed by atoms with Gasteiger partial charge in [0.1, 0.15) is 0 Å². The quantitative estimate of drug-likeness (QED) is 0.496. The summed E-state index contributed by atoms with van der Waals surface area (Å²) in [6.45, 7) is 0. The van der Waals surface area contributed by atoms with E-state index in [2.05, 4.69) is 5.32 Å². The van der Waals surface area contributed by atoms with E-state index in [4.69, 9.17) is 5.11 Å². The van der Waals surface area contributed by atoms with Gasteiger partial charge in [-0.3, -0.25) is 4.90 Å². The van der Waals surface area contributed by atoms with E-state index in [1.807, 2.05) is 0 Å². The van der Waals surface area contributed by atoms with E-state index in [-0.39, 0.29) is 0 Å². The smallest absolute Gasteiger partial charge is 0.323 e. The average molecular weight is 146 g/mol. The third kappa shape index (κ3) is 0.950. The summed E-state index contributed by atoms with van der Waals surface area (Å²) in [5, 5.41) is 10.9. The molecule has 0 saturated carbocycles. The molecule has 2 amide bonds. The standard InChI is InChI=1S/C5H7FN2O2/c1-8-4(9)3(6)2-7-5(8)10/h2,4,9H,1H3,(H,7,10). The van der Waals surface area contributed by atoms with E-state index >= 15 is 0 Å². The Hall–Kier alpha value is -1.10. The highest BCUT2D eigenvalue weighted by molar-refractivity contribution is 5.76. The topological polar surface area (TPSA) is 52.6 Å². The van der Waals surface area contributed by atoms with Gasteiger partial charge < -0.3 is 10.4 Å². The third-order valence-electron chi connectivity index (χ3n) is 1.27. The molecule has 0 spiro atoms. The van der Waals surface area contributed by atoms with Crippen molar-refractivity contribution in [1.29, 1.82) is 0 Å². The van der Waals surface area contributed by atoms with Crippen molar-refractivity contribution >= 4 is 6.03 Å². The van der Waals surface area contributed by atoms with Gasteiger partial charge in [-0.05, 0) is 0 Å². The molecule has 10 heavy (non-hydrogen) atoms. The average Bonchev–Trinajstić information content (AvgIpc) is 1.93. The predicted molar refractivity (Wildman–Crippen MR) is 31.5 cm³/mol. The van der Waals surface area contributed by atoms with E-state index in [1.165, 1.54) is 7.05 Å². The maximum atomic E-state index is 12.4. The minimum Gasteiger partial charge on any atom is -0.367 e. The van der Waals surface area contributed by atoms with Crippen LogP contribution in [0.2, 0.25) is 0 Å². The van der Waals surface area contributed by atoms with Crippen LogP contribution in [0.3, 0.4) is 0 Å². The number of nitrogens with one attached hydrogen (secondary N) is 1. The second kappa shape index (κ2) is 2.26. The fourth-order valence-corrected chi connectivity index (χ4v) is 0.603. The molecule has 1 unspecified atom stereocenters. The molecule has 0 aromatic rings. The van der Waals surface area contributed by atoms with Crippen molar-refractivity contribution < 1.29 is 14.3 Å². The van der Waals surface area contributed by atoms with Crippen molar-refractivity contribution in [3.63, 3.8) is 0 Å². The van der Waals surface area contributed by atoms with Crippen LogP contribution in [0.15, 0.2) is 12.0 Å². The normalized spacial score (nSPS) is 25.9. The molecule has 4 nitrogen and oxygen atoms in total. The van der Waals surface area contributed by atoms with Crippen LogP contribution < -0.4 is 5.32 Å². The highest BCUT2D eigenvalue weighted by Crippen LogP contribution is 2.10. The van der Waals surface area contributed by atoms with E-state index in [9.17, 15) is 9.18 Å². The van der Waals surface area contributed by atoms with Gasteiger partial charge in [-0.2, -0.15) is 0 Å². The summed E-state index contributed by atoms with van der Waals surface area (Å²) in [6.07, 6.45) is -0.596. The number of aliphatic hydroxyl groups is 1. The highest BCUT2D eigenvalue weighted by Gasteiger charge is 2.24. The van der Waals surface area contributed by atoms with Crippen LogP contribution in [0.25, 0.3) is 0 Å². The zero-order valence-corrected chi connectivity index (χ0v) is 5.34. The van der Waals surface area contributed by atoms with Crippen molar-refractivity contribution in [2.24, 2.45) is 0 Å². The number of likely N-dealkylation sites (N-methyl/N-ethyl adjacent to an activating group) is 1. The third-order valence-corrected chi connectivity index (χ3v) is 1.27. The predicted octanol–water partition coefficient (Wildman–Crippen LogP) is -0.229. The molecule has 0 aliphatic carbocycles. The summed E-state index contributed by atoms with van der Waals surface area (Å²) < 4.78 is 12.4. The number of urea groups is 1. The van der Waals surface area contributed by atoms with E-state index in [0.717, 1.165) is 11.1 Å². The van der Waals surface area contributed by atoms with Gasteiger partial charge in [-0.15, -0.1) is 0 Å². The lowest BCUT2D eigenvalue weighted by Gasteiger charge is -2.25. The fourth-order valence-electron chi connectivity index (χ4n) is 0.603. The van der Waals surface area contributed by atoms with Crippen molar-refractivity contribution in [3.8, 4) is 0 Å². The molecule has 5 heteroatoms. The van der Waals surface area contributed by atoms with Crippen LogP contribution >= 0.6 is 0 Å². The Bertz CT molecular complexity index is 192. The molecule has 2 N–H and O–H groups in total. The van der Waals surface area contributed by atoms with Crippen LogP contribution in [0.5, 0.6) is 0 Å². The Morgan fingerprint density at radius 2 is 2.50 bits per heavy atom. The number of carbonyl (C=O) groups is 1. The minimum absolute atomic E-state index is 0.520. The van der Waals surface area contributed by atoms with E-state index in [1.54, 1.807) is 0 Å². The first kappa shape index (κ1) is 7.01. The van der Waals surface area contributed by atoms with Gasteiger partial charge in [0.05, 0.1) is 0 Å². The Kier molecular flexibility index (Phi) is 1.58. The first-order valence-electron chi connectivity index (χ1n) is 2.70. The lowest BCUT2D eigenvalue weighted by molar-refractivity contribution is 0.0520. The largest absolute Gasteiger partial charge is 0.367 e. The van der Waals surface area contributed by atoms with Gasteiger partial charge in [-0.25, -0.2) is 9.18 Å². The summed E-state index contributed by atoms with van der Waals surface area (Å²) in [7, 11) is 1.30. The molecule has 1 rings (SSSR count). The maximum Gasteiger partial charge on any atom is 0.323 e. The molecule has 1 heterocycles. The zero-order valence-electron chi connectivity index (χ0n) is 5.34. The molecule has 0 fully saturated rings. The van der Waals surface area contributed by atoms with Gasteiger partial charge in [0.15, 0.2) is 12.1 Å². The second-order valence-corrected chi connectivity index (χ2v) is 1.96. The molecular weight excluding hydrogens is 139 g/mol. The van der Waals surface area contributed by atoms with E-state index < -0.39 is 18.1 Å². The first-order chi connectivity index (χ1) is 4.63. The summed E-state index contributed by atoms with van der Waals surface area (Å²) in [6, 6.07) is -0.520. The number of rotatable bonds is 0. The van der Waals surface area contributed by atoms with Gasteiger partial charge >= 0.3 is 6.03 Å². The Morgan fingerprint density at radius 3 is 3.00 bits per heavy atom. The first-order valence-corrected chi connectivity index (χ1v) is 2.70. The monoisotopic (exact) mass is 146 g/mol. The SMILES string of the molecule is CN1C(=O)NC=C(F)C1O. The van der Waals surface area contributed by atoms with E-state index in [0.29, 0.717) is 0 Å². The molecule has 0 radical (unpaired) electrons. The molecule has 0 saturated heterocycles. The maximum absolute atomic E-state index is 12.4. The van der Waals surface area contributed by atoms with Crippen molar-refractivity contribution in [1.82, 2.24) is 10.2 Å². The van der Waals surface area contributed by atoms with Crippen LogP contribution in [0.4, 0.5) is 9.18 Å². The van der Waals surface area contributed by atoms with Crippen LogP contribution in [0, 0.1) is 0 Å². The lowest BCUT2D eigenvalue weighted by Crippen LogP contribution is -2.46. The second-order valence-electron chi connectivity index (χ2n) is 1.96. The summed E-state index contributed by atoms with van der Waals surface area (Å²) in [5.41, 5.74) is 0. The number of hydrogen-bond donors (Lipinski definition) is 2. The highest BCUT2D eigenvalue weighted by atomic mass is 19.1. The molecular formula is C5H7FN2O2. The van der Waals surface area contributed by atoms with Gasteiger partial charge in [0, 0.05) is 13.2 Å². The van der Waals surface area contributed by atoms with Gasteiger partial charge in [-0.1, -0.05) is 0 Å². The van der Waals surface area contributed by atoms with Crippen molar-refractivity contribution in [3.05, 3.63) is 12.0 Å². The summed E-state index contributed by atoms with van der Waals surface area (Å²) >= 11 is 0. The number of aliphatic hydroxyl groups excluding tert-OH is 1. The molecule has 0 bridgehead atoms. The molecule has 0 aromatic carbocycles. The molecule has 56 valence electrons. The minimum atomic E-state index is -1.44. The van der Waals surface area contributed by atoms with Gasteiger partial charge in [0.25, 0.3) is 0 Å². The Balaban J connectivity index is 2.80. The number of halogens is 1. The number of carbonyl (C=O) groups excluding carboxylic acids is 1. The van der Waals surface area contributed by atoms with Crippen molar-refractivity contribution in [2.75, 3.05) is 7.05 Å². The number of amides is 2. The fraction of sp³-hybridized carbons (Fsp3) is 0.400.